The van der Waals surface area contributed by atoms with Crippen molar-refractivity contribution in [3.63, 3.8) is 0 Å². The lowest BCUT2D eigenvalue weighted by atomic mass is 9.73. The number of ether oxygens (including phenoxy) is 2. The molecule has 0 radical (unpaired) electrons. The zero-order valence-corrected chi connectivity index (χ0v) is 24.8. The third-order valence-electron chi connectivity index (χ3n) is 8.51. The lowest BCUT2D eigenvalue weighted by molar-refractivity contribution is -0.185. The van der Waals surface area contributed by atoms with Gasteiger partial charge in [0.15, 0.2) is 11.6 Å². The molecule has 0 amide bonds. The molecular formula is C31H34ClN5O5. The van der Waals surface area contributed by atoms with Crippen molar-refractivity contribution in [2.24, 2.45) is 11.8 Å². The molecule has 0 N–H and O–H groups in total. The molecule has 2 unspecified atom stereocenters. The zero-order chi connectivity index (χ0) is 30.1. The molecular weight excluding hydrogens is 558 g/mol. The fraction of sp³-hybridized carbons (Fsp3) is 0.516. The summed E-state index contributed by atoms with van der Waals surface area (Å²) < 4.78 is 12.6. The molecule has 3 aromatic rings. The molecule has 2 aromatic heterocycles. The summed E-state index contributed by atoms with van der Waals surface area (Å²) in [5.41, 5.74) is 0.358. The number of Topliss-reactive ketones (excluding diaryl/α,β-unsaturated/α-hetero) is 1. The van der Waals surface area contributed by atoms with Gasteiger partial charge in [-0.25, -0.2) is 14.3 Å². The smallest absolute Gasteiger partial charge is 0.341 e. The van der Waals surface area contributed by atoms with Crippen LogP contribution in [0.4, 0.5) is 0 Å². The van der Waals surface area contributed by atoms with Crippen LogP contribution in [0.3, 0.4) is 0 Å². The van der Waals surface area contributed by atoms with E-state index in [0.29, 0.717) is 17.9 Å². The molecule has 1 saturated heterocycles. The van der Waals surface area contributed by atoms with Gasteiger partial charge in [0.25, 0.3) is 5.78 Å². The maximum atomic E-state index is 13.6. The number of rotatable bonds is 9. The Morgan fingerprint density at radius 1 is 1.29 bits per heavy atom. The van der Waals surface area contributed by atoms with Crippen LogP contribution in [-0.2, 0) is 37.3 Å². The largest absolute Gasteiger partial charge is 0.462 e. The monoisotopic (exact) mass is 591 g/mol. The topological polar surface area (TPSA) is 137 Å². The number of fused-ring (bicyclic) bond motifs is 1. The lowest BCUT2D eigenvalue weighted by Gasteiger charge is -2.43. The second-order valence-corrected chi connectivity index (χ2v) is 12.2. The molecule has 2 aliphatic rings. The fourth-order valence-electron chi connectivity index (χ4n) is 6.13. The van der Waals surface area contributed by atoms with Gasteiger partial charge in [-0.2, -0.15) is 10.2 Å². The quantitative estimate of drug-likeness (QED) is 0.249. The molecule has 10 nitrogen and oxygen atoms in total. The molecule has 2 atom stereocenters. The highest BCUT2D eigenvalue weighted by molar-refractivity contribution is 6.31. The summed E-state index contributed by atoms with van der Waals surface area (Å²) in [4.78, 5) is 47.6. The number of nitriles is 1. The first-order valence-corrected chi connectivity index (χ1v) is 14.8. The molecule has 1 aromatic carbocycles. The van der Waals surface area contributed by atoms with Crippen LogP contribution in [0.1, 0.15) is 86.6 Å². The van der Waals surface area contributed by atoms with Crippen molar-refractivity contribution in [2.45, 2.75) is 83.2 Å². The maximum Gasteiger partial charge on any atom is 0.341 e. The molecule has 11 heteroatoms. The predicted molar refractivity (Wildman–Crippen MR) is 153 cm³/mol. The zero-order valence-electron chi connectivity index (χ0n) is 24.1. The third-order valence-corrected chi connectivity index (χ3v) is 8.82. The van der Waals surface area contributed by atoms with Gasteiger partial charge in [-0.1, -0.05) is 36.6 Å². The van der Waals surface area contributed by atoms with Crippen LogP contribution in [0.25, 0.3) is 5.78 Å². The molecule has 0 bridgehead atoms. The van der Waals surface area contributed by atoms with Gasteiger partial charge in [0.2, 0.25) is 0 Å². The number of aryl methyl sites for hydroxylation is 1. The summed E-state index contributed by atoms with van der Waals surface area (Å²) in [7, 11) is 0. The number of carbonyl (C=O) groups is 3. The van der Waals surface area contributed by atoms with Crippen molar-refractivity contribution >= 4 is 35.1 Å². The Kier molecular flexibility index (Phi) is 8.33. The van der Waals surface area contributed by atoms with Crippen molar-refractivity contribution in [1.29, 1.82) is 5.26 Å². The minimum atomic E-state index is -1.01. The Morgan fingerprint density at radius 2 is 2.05 bits per heavy atom. The van der Waals surface area contributed by atoms with E-state index in [1.54, 1.807) is 6.92 Å². The summed E-state index contributed by atoms with van der Waals surface area (Å²) in [5, 5.41) is 14.4. The first-order valence-electron chi connectivity index (χ1n) is 14.4. The standard InChI is InChI=1S/C31H34ClN5O5/c1-4-41-27(39)20-16-34-29-35-26(36-37(29)17-20)14-22-25(38)15-31(42-28(22)40,21-7-5-6-8-21)12-11-19-9-10-23(24(32)13-19)30(2,3)18-33/h9-10,13,16-17,21-22H,4-8,11-12,14-15H2,1-3H3. The average molecular weight is 592 g/mol. The minimum absolute atomic E-state index is 0.0116. The number of ketones is 1. The van der Waals surface area contributed by atoms with Gasteiger partial charge in [-0.15, -0.1) is 5.10 Å². The molecule has 5 rings (SSSR count). The normalized spacial score (nSPS) is 21.4. The number of cyclic esters (lactones) is 1. The van der Waals surface area contributed by atoms with Crippen LogP contribution in [0.15, 0.2) is 30.6 Å². The molecule has 42 heavy (non-hydrogen) atoms. The van der Waals surface area contributed by atoms with Gasteiger partial charge < -0.3 is 9.47 Å². The molecule has 2 fully saturated rings. The van der Waals surface area contributed by atoms with Gasteiger partial charge in [0, 0.05) is 30.3 Å². The summed E-state index contributed by atoms with van der Waals surface area (Å²) in [5.74, 6) is -1.65. The second-order valence-electron chi connectivity index (χ2n) is 11.8. The summed E-state index contributed by atoms with van der Waals surface area (Å²) >= 11 is 6.55. The van der Waals surface area contributed by atoms with E-state index in [0.717, 1.165) is 36.8 Å². The number of carbonyl (C=O) groups excluding carboxylic acids is 3. The van der Waals surface area contributed by atoms with E-state index in [1.807, 2.05) is 32.0 Å². The van der Waals surface area contributed by atoms with Gasteiger partial charge >= 0.3 is 11.9 Å². The summed E-state index contributed by atoms with van der Waals surface area (Å²) in [6.07, 6.45) is 7.92. The number of nitrogens with zero attached hydrogens (tertiary/aromatic N) is 5. The van der Waals surface area contributed by atoms with Crippen molar-refractivity contribution in [1.82, 2.24) is 19.6 Å². The highest BCUT2D eigenvalue weighted by Gasteiger charge is 2.51. The molecule has 1 aliphatic heterocycles. The Bertz CT molecular complexity index is 1550. The molecule has 220 valence electrons. The highest BCUT2D eigenvalue weighted by Crippen LogP contribution is 2.45. The number of benzene rings is 1. The Hall–Kier alpha value is -3.84. The van der Waals surface area contributed by atoms with Crippen LogP contribution in [0.5, 0.6) is 0 Å². The van der Waals surface area contributed by atoms with Crippen LogP contribution in [-0.4, -0.2) is 49.5 Å². The fourth-order valence-corrected chi connectivity index (χ4v) is 6.57. The first kappa shape index (κ1) is 29.6. The van der Waals surface area contributed by atoms with E-state index in [4.69, 9.17) is 21.1 Å². The van der Waals surface area contributed by atoms with Crippen molar-refractivity contribution in [2.75, 3.05) is 6.61 Å². The van der Waals surface area contributed by atoms with Crippen molar-refractivity contribution < 1.29 is 23.9 Å². The maximum absolute atomic E-state index is 13.6. The van der Waals surface area contributed by atoms with E-state index in [1.165, 1.54) is 16.9 Å². The average Bonchev–Trinajstić information content (AvgIpc) is 3.64. The van der Waals surface area contributed by atoms with Crippen LogP contribution >= 0.6 is 11.6 Å². The molecule has 1 saturated carbocycles. The van der Waals surface area contributed by atoms with E-state index in [9.17, 15) is 19.6 Å². The van der Waals surface area contributed by atoms with Gasteiger partial charge in [-0.05, 0) is 69.6 Å². The summed E-state index contributed by atoms with van der Waals surface area (Å²) in [6, 6.07) is 7.98. The van der Waals surface area contributed by atoms with Gasteiger partial charge in [0.05, 0.1) is 23.7 Å². The van der Waals surface area contributed by atoms with Crippen LogP contribution in [0, 0.1) is 23.2 Å². The van der Waals surface area contributed by atoms with E-state index in [-0.39, 0.29) is 48.3 Å². The Balaban J connectivity index is 1.32. The van der Waals surface area contributed by atoms with E-state index < -0.39 is 28.9 Å². The van der Waals surface area contributed by atoms with Crippen LogP contribution < -0.4 is 0 Å². The number of aromatic nitrogens is 4. The number of halogens is 1. The van der Waals surface area contributed by atoms with Gasteiger partial charge in [0.1, 0.15) is 11.5 Å². The Morgan fingerprint density at radius 3 is 2.71 bits per heavy atom. The Labute approximate surface area is 249 Å². The van der Waals surface area contributed by atoms with Gasteiger partial charge in [-0.3, -0.25) is 9.59 Å². The first-order chi connectivity index (χ1) is 20.0. The van der Waals surface area contributed by atoms with E-state index >= 15 is 0 Å². The molecule has 3 heterocycles. The number of hydrogen-bond acceptors (Lipinski definition) is 9. The summed E-state index contributed by atoms with van der Waals surface area (Å²) in [6.45, 7) is 5.59. The predicted octanol–water partition coefficient (Wildman–Crippen LogP) is 4.99. The number of esters is 2. The minimum Gasteiger partial charge on any atom is -0.462 e. The molecule has 0 spiro atoms. The van der Waals surface area contributed by atoms with E-state index in [2.05, 4.69) is 21.1 Å². The SMILES string of the molecule is CCOC(=O)c1cnc2nc(CC3C(=O)CC(CCc4ccc(C(C)(C)C#N)c(Cl)c4)(C4CCCC4)OC3=O)nn2c1. The highest BCUT2D eigenvalue weighted by atomic mass is 35.5. The lowest BCUT2D eigenvalue weighted by Crippen LogP contribution is -2.52. The van der Waals surface area contributed by atoms with Crippen molar-refractivity contribution in [3.05, 3.63) is 58.1 Å². The van der Waals surface area contributed by atoms with Crippen LogP contribution in [0.2, 0.25) is 5.02 Å². The van der Waals surface area contributed by atoms with Crippen molar-refractivity contribution in [3.8, 4) is 6.07 Å². The number of hydrogen-bond donors (Lipinski definition) is 0. The second kappa shape index (κ2) is 11.8. The molecule has 1 aliphatic carbocycles. The third kappa shape index (κ3) is 5.88.